The van der Waals surface area contributed by atoms with Gasteiger partial charge >= 0.3 is 0 Å². The average molecular weight is 958 g/mol. The van der Waals surface area contributed by atoms with Crippen molar-refractivity contribution in [1.82, 2.24) is 25.5 Å². The van der Waals surface area contributed by atoms with E-state index in [0.29, 0.717) is 94.8 Å². The molecule has 69 heavy (non-hydrogen) atoms. The molecule has 0 unspecified atom stereocenters. The summed E-state index contributed by atoms with van der Waals surface area (Å²) in [6.45, 7) is 12.6. The summed E-state index contributed by atoms with van der Waals surface area (Å²) in [7, 11) is 7.49. The number of methoxy groups -OCH3 is 1. The fourth-order valence-corrected chi connectivity index (χ4v) is 10.7. The number of likely N-dealkylation sites (N-methyl/N-ethyl adjacent to an activating group) is 1. The maximum absolute atomic E-state index is 14.4. The fraction of sp³-hybridized carbons (Fsp3) is 0.615. The summed E-state index contributed by atoms with van der Waals surface area (Å²) in [5.74, 6) is 0.855. The Morgan fingerprint density at radius 1 is 0.986 bits per heavy atom. The van der Waals surface area contributed by atoms with Gasteiger partial charge in [-0.2, -0.15) is 5.06 Å². The van der Waals surface area contributed by atoms with E-state index in [1.807, 2.05) is 80.6 Å². The van der Waals surface area contributed by atoms with Crippen LogP contribution in [0.1, 0.15) is 62.0 Å². The van der Waals surface area contributed by atoms with Crippen molar-refractivity contribution in [2.45, 2.75) is 83.8 Å². The van der Waals surface area contributed by atoms with Gasteiger partial charge in [0.15, 0.2) is 0 Å². The molecule has 3 saturated carbocycles. The van der Waals surface area contributed by atoms with Crippen LogP contribution in [-0.4, -0.2) is 156 Å². The molecule has 1 aliphatic heterocycles. The summed E-state index contributed by atoms with van der Waals surface area (Å²) < 4.78 is 23.0. The number of benzene rings is 3. The molecule has 2 bridgehead atoms. The van der Waals surface area contributed by atoms with Gasteiger partial charge in [0.1, 0.15) is 35.1 Å². The second kappa shape index (κ2) is 25.3. The molecule has 0 aromatic heterocycles. The van der Waals surface area contributed by atoms with E-state index in [1.165, 1.54) is 6.42 Å². The molecule has 0 spiro atoms. The number of aliphatic hydroxyl groups excluding tert-OH is 2. The minimum absolute atomic E-state index is 0.0148. The molecular formula is C52H77N8O9+. The van der Waals surface area contributed by atoms with Crippen molar-refractivity contribution in [3.05, 3.63) is 83.4 Å². The first-order valence-electron chi connectivity index (χ1n) is 24.5. The lowest BCUT2D eigenvalue weighted by molar-refractivity contribution is -0.183. The van der Waals surface area contributed by atoms with Crippen molar-refractivity contribution in [1.29, 1.82) is 5.53 Å². The van der Waals surface area contributed by atoms with Crippen molar-refractivity contribution in [3.8, 4) is 16.9 Å². The van der Waals surface area contributed by atoms with Gasteiger partial charge in [0.05, 0.1) is 66.0 Å². The molecule has 2 amide bonds. The molecule has 17 heteroatoms. The number of hydroxylamine groups is 2. The fourth-order valence-electron chi connectivity index (χ4n) is 10.7. The highest BCUT2D eigenvalue weighted by Crippen LogP contribution is 2.61. The van der Waals surface area contributed by atoms with Crippen LogP contribution in [0.4, 0.5) is 5.69 Å². The Morgan fingerprint density at radius 2 is 1.70 bits per heavy atom. The molecule has 17 nitrogen and oxygen atoms in total. The minimum Gasteiger partial charge on any atom is -0.496 e. The number of ether oxygens (including phenoxy) is 4. The summed E-state index contributed by atoms with van der Waals surface area (Å²) in [6.07, 6.45) is 1.02. The summed E-state index contributed by atoms with van der Waals surface area (Å²) in [6, 6.07) is 20.6. The average Bonchev–Trinajstić information content (AvgIpc) is 3.71. The maximum Gasteiger partial charge on any atom is 0.251 e. The third-order valence-electron chi connectivity index (χ3n) is 14.7. The Hall–Kier alpha value is -4.81. The standard InChI is InChI=1S/C52H76N8O9/c1-34-44-29-40(52(44,3)4)30-45(34)56-51(64)48-47(35(2)62)46(33-61)69-60(48)31-37-15-12-16-43(49(37)65-8)38-26-39(28-42(27-38)58(5)6)50(63)55-41(25-36-13-10-9-11-14-36)32-59(7)18-20-67-22-24-68-23-21-66-19-17-54-57-53/h9-16,26-28,34-35,40-41,44-48,53,61-62H,17-25,29-33H2,1-8H3,(H-,55,56,63,64)/p+1/t34-,35-,40+,41+,44-,45-,46-,47+,48-/m0/s1. The zero-order valence-corrected chi connectivity index (χ0v) is 41.9. The van der Waals surface area contributed by atoms with E-state index in [-0.39, 0.29) is 42.5 Å². The number of carbonyl (C=O) groups is 2. The molecule has 3 aromatic carbocycles. The van der Waals surface area contributed by atoms with Gasteiger partial charge in [-0.25, -0.2) is 0 Å². The van der Waals surface area contributed by atoms with E-state index in [0.717, 1.165) is 34.4 Å². The molecule has 378 valence electrons. The molecule has 7 rings (SSSR count). The van der Waals surface area contributed by atoms with Crippen molar-refractivity contribution >= 4 is 17.5 Å². The number of para-hydroxylation sites is 1. The first kappa shape index (κ1) is 53.5. The lowest BCUT2D eigenvalue weighted by atomic mass is 9.45. The summed E-state index contributed by atoms with van der Waals surface area (Å²) in [5, 5.41) is 33.4. The molecule has 9 atom stereocenters. The molecule has 4 aliphatic rings. The van der Waals surface area contributed by atoms with E-state index < -0.39 is 24.2 Å². The normalized spacial score (nSPS) is 23.7. The largest absolute Gasteiger partial charge is 0.496 e. The van der Waals surface area contributed by atoms with Crippen molar-refractivity contribution in [3.63, 3.8) is 0 Å². The first-order valence-corrected chi connectivity index (χ1v) is 24.5. The molecule has 5 N–H and O–H groups in total. The molecule has 3 aliphatic carbocycles. The second-order valence-corrected chi connectivity index (χ2v) is 19.8. The number of anilines is 1. The van der Waals surface area contributed by atoms with E-state index >= 15 is 0 Å². The monoisotopic (exact) mass is 958 g/mol. The van der Waals surface area contributed by atoms with Crippen LogP contribution >= 0.6 is 0 Å². The van der Waals surface area contributed by atoms with Crippen LogP contribution in [0, 0.1) is 34.6 Å². The van der Waals surface area contributed by atoms with Crippen LogP contribution in [0.15, 0.2) is 71.8 Å². The molecule has 0 radical (unpaired) electrons. The number of hydrogen-bond acceptors (Lipinski definition) is 14. The quantitative estimate of drug-likeness (QED) is 0.0391. The SMILES string of the molecule is COc1c(CN2O[C@@H](CO)[C@@H]([C@H](C)O)[C@H]2C(=O)N[C@H]2C[C@H]3C[C@@H]([C@@H]2C)C3(C)C)cccc1-c1cc(C(=O)N[C@H](Cc2ccccc2)CN(C)CCOCCOCCOCCN=[N+]=N)cc(N(C)C)c1. The van der Waals surface area contributed by atoms with E-state index in [1.54, 1.807) is 19.1 Å². The van der Waals surface area contributed by atoms with Gasteiger partial charge in [-0.15, -0.1) is 0 Å². The Kier molecular flexibility index (Phi) is 19.7. The van der Waals surface area contributed by atoms with Gasteiger partial charge in [0, 0.05) is 67.6 Å². The number of nitrogens with one attached hydrogen (secondary N) is 3. The van der Waals surface area contributed by atoms with Crippen molar-refractivity contribution in [2.24, 2.45) is 34.2 Å². The van der Waals surface area contributed by atoms with Crippen LogP contribution < -0.4 is 25.2 Å². The molecule has 3 aromatic rings. The van der Waals surface area contributed by atoms with E-state index in [2.05, 4.69) is 58.5 Å². The predicted octanol–water partition coefficient (Wildman–Crippen LogP) is 4.96. The Morgan fingerprint density at radius 3 is 2.33 bits per heavy atom. The van der Waals surface area contributed by atoms with Gasteiger partial charge in [0.2, 0.25) is 10.8 Å². The Labute approximate surface area is 408 Å². The Balaban J connectivity index is 1.16. The number of fused-ring (bicyclic) bond motifs is 2. The van der Waals surface area contributed by atoms with Crippen LogP contribution in [0.3, 0.4) is 0 Å². The zero-order valence-electron chi connectivity index (χ0n) is 41.9. The molecule has 1 heterocycles. The highest BCUT2D eigenvalue weighted by atomic mass is 16.7. The minimum atomic E-state index is -0.925. The number of carbonyl (C=O) groups excluding carboxylic acids is 2. The van der Waals surface area contributed by atoms with Gasteiger partial charge in [-0.3, -0.25) is 14.4 Å². The number of amides is 2. The van der Waals surface area contributed by atoms with Crippen LogP contribution in [0.5, 0.6) is 5.75 Å². The van der Waals surface area contributed by atoms with Gasteiger partial charge < -0.3 is 49.6 Å². The number of nitrogens with zero attached hydrogens (tertiary/aromatic N) is 5. The van der Waals surface area contributed by atoms with Crippen molar-refractivity contribution in [2.75, 3.05) is 99.0 Å². The van der Waals surface area contributed by atoms with Crippen LogP contribution in [-0.2, 0) is 36.8 Å². The second-order valence-electron chi connectivity index (χ2n) is 19.8. The van der Waals surface area contributed by atoms with Gasteiger partial charge in [0.25, 0.3) is 5.91 Å². The van der Waals surface area contributed by atoms with Crippen LogP contribution in [0.2, 0.25) is 0 Å². The van der Waals surface area contributed by atoms with Gasteiger partial charge in [-0.1, -0.05) is 69.3 Å². The Bertz CT molecular complexity index is 2170. The zero-order chi connectivity index (χ0) is 49.7. The topological polar surface area (TPSA) is 205 Å². The van der Waals surface area contributed by atoms with Crippen molar-refractivity contribution < 1.29 is 43.6 Å². The third-order valence-corrected chi connectivity index (χ3v) is 14.7. The summed E-state index contributed by atoms with van der Waals surface area (Å²) >= 11 is 0. The lowest BCUT2D eigenvalue weighted by Crippen LogP contribution is -2.62. The van der Waals surface area contributed by atoms with E-state index in [4.69, 9.17) is 29.3 Å². The predicted molar refractivity (Wildman–Crippen MR) is 264 cm³/mol. The molecule has 4 fully saturated rings. The summed E-state index contributed by atoms with van der Waals surface area (Å²) in [4.78, 5) is 42.2. The third kappa shape index (κ3) is 13.7. The lowest BCUT2D eigenvalue weighted by Gasteiger charge is -2.62. The number of rotatable bonds is 27. The number of aliphatic hydroxyl groups is 2. The maximum atomic E-state index is 14.4. The first-order chi connectivity index (χ1) is 33.2. The number of hydrogen-bond donors (Lipinski definition) is 5. The van der Waals surface area contributed by atoms with Gasteiger partial charge in [-0.05, 0) is 85.7 Å². The van der Waals surface area contributed by atoms with E-state index in [9.17, 15) is 19.8 Å². The highest BCUT2D eigenvalue weighted by Gasteiger charge is 2.57. The molecular weight excluding hydrogens is 881 g/mol. The highest BCUT2D eigenvalue weighted by molar-refractivity contribution is 5.97. The smallest absolute Gasteiger partial charge is 0.251 e. The van der Waals surface area contributed by atoms with Crippen LogP contribution in [0.25, 0.3) is 11.1 Å². The molecule has 1 saturated heterocycles. The summed E-state index contributed by atoms with van der Waals surface area (Å²) in [5.41, 5.74) is 11.6.